The molecule has 2 rings (SSSR count). The van der Waals surface area contributed by atoms with Gasteiger partial charge >= 0.3 is 5.97 Å². The molecule has 0 aliphatic rings. The first-order valence-corrected chi connectivity index (χ1v) is 8.36. The lowest BCUT2D eigenvalue weighted by atomic mass is 9.96. The minimum Gasteiger partial charge on any atom is -0.481 e. The van der Waals surface area contributed by atoms with Crippen LogP contribution in [-0.4, -0.2) is 15.6 Å². The van der Waals surface area contributed by atoms with E-state index in [1.54, 1.807) is 12.1 Å². The fourth-order valence-corrected chi connectivity index (χ4v) is 3.56. The molecule has 4 nitrogen and oxygen atoms in total. The standard InChI is InChI=1S/C15H16Cl2N2O2S/c1-4-10(14(20)21)9-5-11(16)13(12(17)6-9)18-15-19(3)8(2)7-22-15/h5-7,10H,4H2,1-3H3,(H,20,21). The molecule has 118 valence electrons. The van der Waals surface area contributed by atoms with Gasteiger partial charge < -0.3 is 9.67 Å². The van der Waals surface area contributed by atoms with Gasteiger partial charge in [0.1, 0.15) is 5.69 Å². The van der Waals surface area contributed by atoms with Gasteiger partial charge in [-0.25, -0.2) is 4.99 Å². The Morgan fingerprint density at radius 1 is 1.41 bits per heavy atom. The highest BCUT2D eigenvalue weighted by molar-refractivity contribution is 7.07. The fraction of sp³-hybridized carbons (Fsp3) is 0.333. The van der Waals surface area contributed by atoms with Gasteiger partial charge in [-0.15, -0.1) is 11.3 Å². The molecular formula is C15H16Cl2N2O2S. The van der Waals surface area contributed by atoms with Crippen molar-refractivity contribution >= 4 is 46.2 Å². The van der Waals surface area contributed by atoms with E-state index in [2.05, 4.69) is 4.99 Å². The third-order valence-corrected chi connectivity index (χ3v) is 5.12. The molecule has 22 heavy (non-hydrogen) atoms. The van der Waals surface area contributed by atoms with Crippen LogP contribution in [0.4, 0.5) is 5.69 Å². The molecule has 1 atom stereocenters. The maximum Gasteiger partial charge on any atom is 0.310 e. The number of aliphatic carboxylic acids is 1. The van der Waals surface area contributed by atoms with E-state index < -0.39 is 11.9 Å². The van der Waals surface area contributed by atoms with Crippen LogP contribution in [0.5, 0.6) is 0 Å². The van der Waals surface area contributed by atoms with Crippen molar-refractivity contribution in [2.45, 2.75) is 26.2 Å². The van der Waals surface area contributed by atoms with Gasteiger partial charge in [0.2, 0.25) is 0 Å². The Labute approximate surface area is 142 Å². The minimum absolute atomic E-state index is 0.355. The zero-order valence-electron chi connectivity index (χ0n) is 12.4. The van der Waals surface area contributed by atoms with Gasteiger partial charge in [0.15, 0.2) is 4.80 Å². The largest absolute Gasteiger partial charge is 0.481 e. The number of halogens is 2. The number of hydrogen-bond donors (Lipinski definition) is 1. The fourth-order valence-electron chi connectivity index (χ4n) is 2.09. The van der Waals surface area contributed by atoms with Crippen LogP contribution in [0.2, 0.25) is 10.0 Å². The normalized spacial score (nSPS) is 13.4. The minimum atomic E-state index is -0.889. The smallest absolute Gasteiger partial charge is 0.310 e. The van der Waals surface area contributed by atoms with Crippen LogP contribution in [0.1, 0.15) is 30.5 Å². The number of carboxylic acids is 1. The summed E-state index contributed by atoms with van der Waals surface area (Å²) in [6.45, 7) is 3.80. The van der Waals surface area contributed by atoms with Crippen molar-refractivity contribution in [3.8, 4) is 0 Å². The Bertz CT molecular complexity index is 757. The van der Waals surface area contributed by atoms with Crippen molar-refractivity contribution in [1.29, 1.82) is 0 Å². The number of aromatic nitrogens is 1. The summed E-state index contributed by atoms with van der Waals surface area (Å²) in [6.07, 6.45) is 0.470. The van der Waals surface area contributed by atoms with E-state index in [9.17, 15) is 9.90 Å². The summed E-state index contributed by atoms with van der Waals surface area (Å²) in [4.78, 5) is 16.5. The van der Waals surface area contributed by atoms with Crippen molar-refractivity contribution in [2.75, 3.05) is 0 Å². The molecule has 0 fully saturated rings. The molecule has 0 aliphatic heterocycles. The van der Waals surface area contributed by atoms with E-state index >= 15 is 0 Å². The molecular weight excluding hydrogens is 343 g/mol. The Morgan fingerprint density at radius 3 is 2.41 bits per heavy atom. The highest BCUT2D eigenvalue weighted by atomic mass is 35.5. The first kappa shape index (κ1) is 17.1. The Balaban J connectivity index is 2.55. The van der Waals surface area contributed by atoms with E-state index in [0.29, 0.717) is 27.7 Å². The van der Waals surface area contributed by atoms with Gasteiger partial charge in [0.05, 0.1) is 16.0 Å². The number of benzene rings is 1. The number of thiazole rings is 1. The number of carbonyl (C=O) groups is 1. The van der Waals surface area contributed by atoms with Crippen molar-refractivity contribution in [3.63, 3.8) is 0 Å². The van der Waals surface area contributed by atoms with Gasteiger partial charge in [0.25, 0.3) is 0 Å². The highest BCUT2D eigenvalue weighted by Gasteiger charge is 2.20. The van der Waals surface area contributed by atoms with Gasteiger partial charge in [-0.1, -0.05) is 30.1 Å². The van der Waals surface area contributed by atoms with Crippen LogP contribution >= 0.6 is 34.5 Å². The Morgan fingerprint density at radius 2 is 2.00 bits per heavy atom. The number of nitrogens with zero attached hydrogens (tertiary/aromatic N) is 2. The number of carboxylic acid groups (broad SMARTS) is 1. The highest BCUT2D eigenvalue weighted by Crippen LogP contribution is 2.37. The lowest BCUT2D eigenvalue weighted by Gasteiger charge is -2.12. The van der Waals surface area contributed by atoms with E-state index in [4.69, 9.17) is 23.2 Å². The molecule has 7 heteroatoms. The molecule has 1 unspecified atom stereocenters. The summed E-state index contributed by atoms with van der Waals surface area (Å²) < 4.78 is 1.94. The zero-order valence-corrected chi connectivity index (χ0v) is 14.8. The molecule has 0 bridgehead atoms. The van der Waals surface area contributed by atoms with Crippen LogP contribution in [-0.2, 0) is 11.8 Å². The van der Waals surface area contributed by atoms with E-state index in [1.165, 1.54) is 11.3 Å². The first-order valence-electron chi connectivity index (χ1n) is 6.72. The van der Waals surface area contributed by atoms with Crippen molar-refractivity contribution in [1.82, 2.24) is 4.57 Å². The Hall–Kier alpha value is -1.30. The lowest BCUT2D eigenvalue weighted by Crippen LogP contribution is -2.11. The van der Waals surface area contributed by atoms with Crippen LogP contribution in [0.25, 0.3) is 0 Å². The number of hydrogen-bond acceptors (Lipinski definition) is 3. The summed E-state index contributed by atoms with van der Waals surface area (Å²) in [5, 5.41) is 11.9. The summed E-state index contributed by atoms with van der Waals surface area (Å²) in [5.41, 5.74) is 2.14. The molecule has 0 radical (unpaired) electrons. The van der Waals surface area contributed by atoms with Crippen LogP contribution in [0.15, 0.2) is 22.5 Å². The third kappa shape index (κ3) is 3.37. The van der Waals surface area contributed by atoms with Crippen molar-refractivity contribution < 1.29 is 9.90 Å². The van der Waals surface area contributed by atoms with Crippen LogP contribution in [0.3, 0.4) is 0 Å². The molecule has 0 saturated carbocycles. The van der Waals surface area contributed by atoms with Crippen LogP contribution < -0.4 is 4.80 Å². The molecule has 0 amide bonds. The summed E-state index contributed by atoms with van der Waals surface area (Å²) >= 11 is 14.0. The first-order chi connectivity index (χ1) is 10.3. The average molecular weight is 359 g/mol. The van der Waals surface area contributed by atoms with Gasteiger partial charge in [-0.3, -0.25) is 4.79 Å². The second-order valence-corrected chi connectivity index (χ2v) is 6.61. The quantitative estimate of drug-likeness (QED) is 0.873. The SMILES string of the molecule is CCC(C(=O)O)c1cc(Cl)c(N=c2scc(C)n2C)c(Cl)c1. The lowest BCUT2D eigenvalue weighted by molar-refractivity contribution is -0.138. The second-order valence-electron chi connectivity index (χ2n) is 4.96. The molecule has 0 aliphatic carbocycles. The van der Waals surface area contributed by atoms with Gasteiger partial charge in [0, 0.05) is 18.1 Å². The van der Waals surface area contributed by atoms with Crippen LogP contribution in [0, 0.1) is 6.92 Å². The monoisotopic (exact) mass is 358 g/mol. The summed E-state index contributed by atoms with van der Waals surface area (Å²) in [6, 6.07) is 3.27. The summed E-state index contributed by atoms with van der Waals surface area (Å²) in [5.74, 6) is -1.51. The maximum atomic E-state index is 11.3. The van der Waals surface area contributed by atoms with Gasteiger partial charge in [-0.05, 0) is 31.0 Å². The zero-order chi connectivity index (χ0) is 16.4. The predicted molar refractivity (Wildman–Crippen MR) is 90.4 cm³/mol. The molecule has 2 aromatic rings. The molecule has 1 aromatic heterocycles. The molecule has 1 N–H and O–H groups in total. The predicted octanol–water partition coefficient (Wildman–Crippen LogP) is 4.51. The number of aryl methyl sites for hydroxylation is 1. The third-order valence-electron chi connectivity index (χ3n) is 3.51. The second kappa shape index (κ2) is 6.86. The molecule has 0 saturated heterocycles. The molecule has 0 spiro atoms. The molecule has 1 heterocycles. The number of rotatable bonds is 4. The van der Waals surface area contributed by atoms with E-state index in [-0.39, 0.29) is 0 Å². The van der Waals surface area contributed by atoms with E-state index in [0.717, 1.165) is 10.5 Å². The topological polar surface area (TPSA) is 54.6 Å². The maximum absolute atomic E-state index is 11.3. The van der Waals surface area contributed by atoms with E-state index in [1.807, 2.05) is 30.8 Å². The molecule has 1 aromatic carbocycles. The average Bonchev–Trinajstić information content (AvgIpc) is 2.75. The van der Waals surface area contributed by atoms with Crippen molar-refractivity contribution in [3.05, 3.63) is 43.6 Å². The van der Waals surface area contributed by atoms with Gasteiger partial charge in [-0.2, -0.15) is 0 Å². The Kier molecular flexibility index (Phi) is 5.32. The van der Waals surface area contributed by atoms with Crippen molar-refractivity contribution in [2.24, 2.45) is 12.0 Å². The summed E-state index contributed by atoms with van der Waals surface area (Å²) in [7, 11) is 1.92.